The zero-order valence-electron chi connectivity index (χ0n) is 18.1. The van der Waals surface area contributed by atoms with Crippen LogP contribution in [0.1, 0.15) is 49.7 Å². The highest BCUT2D eigenvalue weighted by molar-refractivity contribution is 6.05. The molecule has 16 heteroatoms. The van der Waals surface area contributed by atoms with Crippen LogP contribution in [0.2, 0.25) is 0 Å². The van der Waals surface area contributed by atoms with Crippen LogP contribution in [0.4, 0.5) is 52.7 Å². The molecule has 38 heavy (non-hydrogen) atoms. The number of hydrogen-bond donors (Lipinski definition) is 0. The number of pyridine rings is 1. The maximum atomic E-state index is 13.0. The fourth-order valence-corrected chi connectivity index (χ4v) is 2.85. The molecule has 2 aromatic rings. The van der Waals surface area contributed by atoms with Gasteiger partial charge in [-0.1, -0.05) is 6.08 Å². The van der Waals surface area contributed by atoms with E-state index in [-0.39, 0.29) is 30.3 Å². The zero-order chi connectivity index (χ0) is 29.3. The molecule has 1 unspecified atom stereocenters. The molecule has 1 aromatic carbocycles. The van der Waals surface area contributed by atoms with Gasteiger partial charge in [0.1, 0.15) is 11.4 Å². The molecule has 0 aliphatic heterocycles. The number of benzene rings is 1. The number of halogens is 12. The van der Waals surface area contributed by atoms with Gasteiger partial charge in [0.05, 0.1) is 23.1 Å². The molecule has 0 amide bonds. The lowest BCUT2D eigenvalue weighted by Gasteiger charge is -2.13. The number of carbonyl (C=O) groups excluding carboxylic acids is 2. The summed E-state index contributed by atoms with van der Waals surface area (Å²) < 4.78 is 155. The normalized spacial score (nSPS) is 13.9. The Labute approximate surface area is 204 Å². The summed E-state index contributed by atoms with van der Waals surface area (Å²) in [5, 5.41) is 9.14. The Hall–Kier alpha value is -3.90. The number of rotatable bonds is 6. The number of ketones is 2. The Morgan fingerprint density at radius 1 is 0.737 bits per heavy atom. The van der Waals surface area contributed by atoms with E-state index in [4.69, 9.17) is 5.26 Å². The predicted octanol–water partition coefficient (Wildman–Crippen LogP) is 7.31. The number of hydrogen-bond acceptors (Lipinski definition) is 4. The quantitative estimate of drug-likeness (QED) is 0.210. The molecule has 0 fully saturated rings. The molecule has 1 atom stereocenters. The maximum Gasteiger partial charge on any atom is 0.433 e. The van der Waals surface area contributed by atoms with Crippen LogP contribution in [0, 0.1) is 17.2 Å². The minimum absolute atomic E-state index is 0.00216. The summed E-state index contributed by atoms with van der Waals surface area (Å²) in [6, 6.07) is 1.36. The Balaban J connectivity index is 2.36. The van der Waals surface area contributed by atoms with Crippen LogP contribution in [0.5, 0.6) is 0 Å². The molecule has 0 N–H and O–H groups in total. The third-order valence-corrected chi connectivity index (χ3v) is 4.65. The number of carbonyl (C=O) groups is 2. The molecule has 0 spiro atoms. The van der Waals surface area contributed by atoms with Gasteiger partial charge in [0.15, 0.2) is 11.6 Å². The second-order valence-electron chi connectivity index (χ2n) is 7.50. The molecule has 1 heterocycles. The molecular weight excluding hydrogens is 552 g/mol. The summed E-state index contributed by atoms with van der Waals surface area (Å²) in [6.07, 6.45) is -21.5. The van der Waals surface area contributed by atoms with Crippen molar-refractivity contribution in [2.24, 2.45) is 5.92 Å². The average molecular weight is 562 g/mol. The van der Waals surface area contributed by atoms with Crippen LogP contribution < -0.4 is 0 Å². The van der Waals surface area contributed by atoms with Crippen LogP contribution in [0.15, 0.2) is 42.5 Å². The molecule has 1 aromatic heterocycles. The lowest BCUT2D eigenvalue weighted by atomic mass is 9.96. The Kier molecular flexibility index (Phi) is 8.35. The fourth-order valence-electron chi connectivity index (χ4n) is 2.85. The lowest BCUT2D eigenvalue weighted by molar-refractivity contribution is -0.150. The molecule has 2 rings (SSSR count). The van der Waals surface area contributed by atoms with Gasteiger partial charge in [0.2, 0.25) is 0 Å². The average Bonchev–Trinajstić information content (AvgIpc) is 2.78. The van der Waals surface area contributed by atoms with E-state index in [1.54, 1.807) is 0 Å². The molecule has 0 radical (unpaired) electrons. The van der Waals surface area contributed by atoms with Gasteiger partial charge in [-0.05, 0) is 36.4 Å². The highest BCUT2D eigenvalue weighted by atomic mass is 19.4. The number of alkyl halides is 12. The first-order chi connectivity index (χ1) is 17.1. The Morgan fingerprint density at radius 3 is 1.55 bits per heavy atom. The summed E-state index contributed by atoms with van der Waals surface area (Å²) in [4.78, 5) is 26.9. The monoisotopic (exact) mass is 562 g/mol. The highest BCUT2D eigenvalue weighted by Gasteiger charge is 2.40. The maximum absolute atomic E-state index is 13.0. The van der Waals surface area contributed by atoms with Crippen LogP contribution in [0.3, 0.4) is 0 Å². The number of nitriles is 1. The van der Waals surface area contributed by atoms with Crippen LogP contribution in [-0.4, -0.2) is 16.6 Å². The molecule has 0 saturated heterocycles. The third-order valence-electron chi connectivity index (χ3n) is 4.65. The molecular formula is C22H10F12N2O2. The van der Waals surface area contributed by atoms with E-state index >= 15 is 0 Å². The van der Waals surface area contributed by atoms with Crippen LogP contribution in [0.25, 0.3) is 0 Å². The van der Waals surface area contributed by atoms with Crippen molar-refractivity contribution in [1.29, 1.82) is 5.26 Å². The Morgan fingerprint density at radius 2 is 1.18 bits per heavy atom. The number of Topliss-reactive ketones (excluding diaryl/α,β-unsaturated/α-hetero) is 1. The molecule has 0 saturated carbocycles. The molecule has 0 aliphatic carbocycles. The second kappa shape index (κ2) is 10.5. The van der Waals surface area contributed by atoms with E-state index in [0.717, 1.165) is 0 Å². The van der Waals surface area contributed by atoms with E-state index < -0.39 is 82.3 Å². The standard InChI is InChI=1S/C22H10F12N2O2/c23-19(24,25)13-4-11(5-14(8-13)20(26,27)28)15(37)2-1-10(9-35)3-16(38)12-6-17(21(29,30)31)36-18(7-12)22(32,33)34/h1-2,4-8,10H,3H2. The summed E-state index contributed by atoms with van der Waals surface area (Å²) in [5.41, 5.74) is -9.96. The molecule has 0 aliphatic rings. The van der Waals surface area contributed by atoms with E-state index in [1.165, 1.54) is 6.07 Å². The highest BCUT2D eigenvalue weighted by Crippen LogP contribution is 2.37. The number of nitrogens with zero attached hydrogens (tertiary/aromatic N) is 2. The van der Waals surface area contributed by atoms with Gasteiger partial charge in [0, 0.05) is 17.5 Å². The predicted molar refractivity (Wildman–Crippen MR) is 102 cm³/mol. The summed E-state index contributed by atoms with van der Waals surface area (Å²) in [7, 11) is 0. The van der Waals surface area contributed by atoms with E-state index in [0.29, 0.717) is 12.2 Å². The first kappa shape index (κ1) is 30.3. The molecule has 0 bridgehead atoms. The van der Waals surface area contributed by atoms with Gasteiger partial charge in [-0.2, -0.15) is 57.9 Å². The summed E-state index contributed by atoms with van der Waals surface area (Å²) in [6.45, 7) is 0. The van der Waals surface area contributed by atoms with Crippen molar-refractivity contribution in [2.45, 2.75) is 31.1 Å². The fraction of sp³-hybridized carbons (Fsp3) is 0.273. The largest absolute Gasteiger partial charge is 0.433 e. The number of aromatic nitrogens is 1. The van der Waals surface area contributed by atoms with Crippen molar-refractivity contribution in [3.63, 3.8) is 0 Å². The van der Waals surface area contributed by atoms with Crippen molar-refractivity contribution >= 4 is 11.6 Å². The minimum Gasteiger partial charge on any atom is -0.294 e. The first-order valence-corrected chi connectivity index (χ1v) is 9.74. The SMILES string of the molecule is N#CC(C=CC(=O)c1cc(C(F)(F)F)cc(C(F)(F)F)c1)CC(=O)c1cc(C(F)(F)F)nc(C(F)(F)F)c1. The zero-order valence-corrected chi connectivity index (χ0v) is 18.1. The van der Waals surface area contributed by atoms with E-state index in [2.05, 4.69) is 4.98 Å². The van der Waals surface area contributed by atoms with E-state index in [1.807, 2.05) is 0 Å². The van der Waals surface area contributed by atoms with E-state index in [9.17, 15) is 62.3 Å². The third kappa shape index (κ3) is 7.80. The second-order valence-corrected chi connectivity index (χ2v) is 7.50. The summed E-state index contributed by atoms with van der Waals surface area (Å²) in [5.74, 6) is -4.60. The lowest BCUT2D eigenvalue weighted by Crippen LogP contribution is -2.17. The van der Waals surface area contributed by atoms with Gasteiger partial charge in [-0.15, -0.1) is 0 Å². The van der Waals surface area contributed by atoms with Crippen molar-refractivity contribution in [2.75, 3.05) is 0 Å². The van der Waals surface area contributed by atoms with Gasteiger partial charge in [-0.25, -0.2) is 4.98 Å². The van der Waals surface area contributed by atoms with Gasteiger partial charge < -0.3 is 0 Å². The van der Waals surface area contributed by atoms with Crippen molar-refractivity contribution < 1.29 is 62.3 Å². The van der Waals surface area contributed by atoms with Gasteiger partial charge in [-0.3, -0.25) is 9.59 Å². The summed E-state index contributed by atoms with van der Waals surface area (Å²) >= 11 is 0. The van der Waals surface area contributed by atoms with Crippen molar-refractivity contribution in [3.8, 4) is 6.07 Å². The van der Waals surface area contributed by atoms with Gasteiger partial charge >= 0.3 is 24.7 Å². The minimum atomic E-state index is -5.38. The first-order valence-electron chi connectivity index (χ1n) is 9.74. The Bertz CT molecular complexity index is 1230. The molecule has 204 valence electrons. The van der Waals surface area contributed by atoms with Crippen molar-refractivity contribution in [1.82, 2.24) is 4.98 Å². The molecule has 4 nitrogen and oxygen atoms in total. The van der Waals surface area contributed by atoms with Crippen molar-refractivity contribution in [3.05, 3.63) is 76.1 Å². The smallest absolute Gasteiger partial charge is 0.294 e. The van der Waals surface area contributed by atoms with Crippen LogP contribution in [-0.2, 0) is 24.7 Å². The topological polar surface area (TPSA) is 70.8 Å². The van der Waals surface area contributed by atoms with Crippen LogP contribution >= 0.6 is 0 Å². The van der Waals surface area contributed by atoms with Gasteiger partial charge in [0.25, 0.3) is 0 Å². The number of allylic oxidation sites excluding steroid dienone is 2.